The van der Waals surface area contributed by atoms with E-state index in [9.17, 15) is 18.0 Å². The Morgan fingerprint density at radius 3 is 2.38 bits per heavy atom. The van der Waals surface area contributed by atoms with Gasteiger partial charge in [0.2, 0.25) is 0 Å². The maximum atomic E-state index is 12.5. The predicted molar refractivity (Wildman–Crippen MR) is 111 cm³/mol. The zero-order valence-corrected chi connectivity index (χ0v) is 19.5. The van der Waals surface area contributed by atoms with Crippen LogP contribution in [0.5, 0.6) is 0 Å². The summed E-state index contributed by atoms with van der Waals surface area (Å²) in [5, 5.41) is 0. The topological polar surface area (TPSA) is 93.2 Å². The van der Waals surface area contributed by atoms with Crippen molar-refractivity contribution in [3.8, 4) is 0 Å². The van der Waals surface area contributed by atoms with Gasteiger partial charge in [-0.3, -0.25) is 9.63 Å². The fraction of sp³-hybridized carbons (Fsp3) is 0.579. The fourth-order valence-electron chi connectivity index (χ4n) is 3.21. The first-order valence-corrected chi connectivity index (χ1v) is 11.6. The molecule has 1 amide bonds. The highest BCUT2D eigenvalue weighted by atomic mass is 79.9. The first kappa shape index (κ1) is 23.8. The van der Waals surface area contributed by atoms with Crippen molar-refractivity contribution in [3.63, 3.8) is 0 Å². The standard InChI is InChI=1S/C19H27BrN2O6S/c1-13-5-7-14(8-6-13)21(2)18(23)12-28-19(24)16-11-15(9-10-17(16)20)29(25,26)22(3)27-4/h9-11,13-14H,5-8,12H2,1-4H3. The lowest BCUT2D eigenvalue weighted by Crippen LogP contribution is -2.41. The first-order valence-electron chi connectivity index (χ1n) is 9.33. The molecule has 1 aromatic rings. The van der Waals surface area contributed by atoms with Gasteiger partial charge >= 0.3 is 5.97 Å². The summed E-state index contributed by atoms with van der Waals surface area (Å²) in [5.74, 6) is -0.393. The SMILES string of the molecule is CON(C)S(=O)(=O)c1ccc(Br)c(C(=O)OCC(=O)N(C)C2CCC(C)CC2)c1. The maximum Gasteiger partial charge on any atom is 0.339 e. The molecule has 0 saturated heterocycles. The van der Waals surface area contributed by atoms with Gasteiger partial charge in [0.25, 0.3) is 15.9 Å². The Morgan fingerprint density at radius 1 is 1.17 bits per heavy atom. The van der Waals surface area contributed by atoms with Gasteiger partial charge in [0.05, 0.1) is 17.6 Å². The van der Waals surface area contributed by atoms with E-state index in [-0.39, 0.29) is 22.4 Å². The monoisotopic (exact) mass is 490 g/mol. The van der Waals surface area contributed by atoms with Gasteiger partial charge in [-0.05, 0) is 65.7 Å². The van der Waals surface area contributed by atoms with Crippen molar-refractivity contribution in [2.75, 3.05) is 27.8 Å². The number of benzene rings is 1. The molecule has 2 rings (SSSR count). The third kappa shape index (κ3) is 5.78. The molecule has 1 aromatic carbocycles. The molecular formula is C19H27BrN2O6S. The number of nitrogens with zero attached hydrogens (tertiary/aromatic N) is 2. The van der Waals surface area contributed by atoms with E-state index < -0.39 is 22.6 Å². The molecule has 10 heteroatoms. The quantitative estimate of drug-likeness (QED) is 0.430. The number of sulfonamides is 1. The Hall–Kier alpha value is -1.49. The molecule has 0 heterocycles. The van der Waals surface area contributed by atoms with Crippen LogP contribution in [0.3, 0.4) is 0 Å². The van der Waals surface area contributed by atoms with Crippen molar-refractivity contribution < 1.29 is 27.6 Å². The van der Waals surface area contributed by atoms with Crippen LogP contribution in [-0.2, 0) is 24.4 Å². The summed E-state index contributed by atoms with van der Waals surface area (Å²) < 4.78 is 31.0. The Bertz CT molecular complexity index is 852. The molecule has 0 aliphatic heterocycles. The van der Waals surface area contributed by atoms with Gasteiger partial charge in [-0.25, -0.2) is 13.2 Å². The van der Waals surface area contributed by atoms with Gasteiger partial charge < -0.3 is 9.64 Å². The van der Waals surface area contributed by atoms with E-state index in [0.29, 0.717) is 14.9 Å². The van der Waals surface area contributed by atoms with Gasteiger partial charge in [0, 0.05) is 24.6 Å². The summed E-state index contributed by atoms with van der Waals surface area (Å²) in [6.07, 6.45) is 4.03. The molecule has 0 bridgehead atoms. The smallest absolute Gasteiger partial charge is 0.339 e. The molecule has 1 aliphatic rings. The second-order valence-corrected chi connectivity index (χ2v) is 10.0. The van der Waals surface area contributed by atoms with Crippen LogP contribution in [0.15, 0.2) is 27.6 Å². The number of esters is 1. The van der Waals surface area contributed by atoms with Crippen molar-refractivity contribution in [3.05, 3.63) is 28.2 Å². The summed E-state index contributed by atoms with van der Waals surface area (Å²) in [4.78, 5) is 31.1. The second kappa shape index (κ2) is 10.0. The molecule has 8 nitrogen and oxygen atoms in total. The van der Waals surface area contributed by atoms with Gasteiger partial charge in [0.1, 0.15) is 0 Å². The molecule has 0 N–H and O–H groups in total. The van der Waals surface area contributed by atoms with Crippen LogP contribution in [0.2, 0.25) is 0 Å². The average molecular weight is 491 g/mol. The number of halogens is 1. The van der Waals surface area contributed by atoms with Crippen molar-refractivity contribution in [2.24, 2.45) is 5.92 Å². The highest BCUT2D eigenvalue weighted by molar-refractivity contribution is 9.10. The normalized spacial score (nSPS) is 19.8. The van der Waals surface area contributed by atoms with E-state index in [1.165, 1.54) is 32.4 Å². The van der Waals surface area contributed by atoms with E-state index in [1.54, 1.807) is 11.9 Å². The molecule has 29 heavy (non-hydrogen) atoms. The third-order valence-electron chi connectivity index (χ3n) is 5.30. The number of amides is 1. The number of hydrogen-bond donors (Lipinski definition) is 0. The molecule has 0 unspecified atom stereocenters. The average Bonchev–Trinajstić information content (AvgIpc) is 2.71. The largest absolute Gasteiger partial charge is 0.452 e. The van der Waals surface area contributed by atoms with Crippen molar-refractivity contribution >= 4 is 37.8 Å². The van der Waals surface area contributed by atoms with Gasteiger partial charge in [0.15, 0.2) is 6.61 Å². The molecule has 0 aromatic heterocycles. The van der Waals surface area contributed by atoms with Crippen LogP contribution in [0.25, 0.3) is 0 Å². The summed E-state index contributed by atoms with van der Waals surface area (Å²) in [5.41, 5.74) is 0.0116. The van der Waals surface area contributed by atoms with E-state index in [1.807, 2.05) is 0 Å². The van der Waals surface area contributed by atoms with Crippen molar-refractivity contribution in [1.29, 1.82) is 0 Å². The fourth-order valence-corrected chi connectivity index (χ4v) is 4.62. The molecule has 0 atom stereocenters. The van der Waals surface area contributed by atoms with Crippen LogP contribution in [0, 0.1) is 5.92 Å². The summed E-state index contributed by atoms with van der Waals surface area (Å²) in [6.45, 7) is 1.80. The van der Waals surface area contributed by atoms with E-state index >= 15 is 0 Å². The first-order chi connectivity index (χ1) is 13.6. The van der Waals surface area contributed by atoms with E-state index in [4.69, 9.17) is 9.57 Å². The third-order valence-corrected chi connectivity index (χ3v) is 7.67. The van der Waals surface area contributed by atoms with Gasteiger partial charge in [-0.2, -0.15) is 0 Å². The molecule has 1 fully saturated rings. The molecular weight excluding hydrogens is 464 g/mol. The van der Waals surface area contributed by atoms with Gasteiger partial charge in [-0.15, -0.1) is 0 Å². The highest BCUT2D eigenvalue weighted by Crippen LogP contribution is 2.27. The van der Waals surface area contributed by atoms with Crippen LogP contribution in [0.4, 0.5) is 0 Å². The number of likely N-dealkylation sites (N-methyl/N-ethyl adjacent to an activating group) is 1. The number of ether oxygens (including phenoxy) is 1. The predicted octanol–water partition coefficient (Wildman–Crippen LogP) is 2.82. The molecule has 0 radical (unpaired) electrons. The molecule has 162 valence electrons. The van der Waals surface area contributed by atoms with Crippen molar-refractivity contribution in [1.82, 2.24) is 9.37 Å². The lowest BCUT2D eigenvalue weighted by molar-refractivity contribution is -0.136. The number of rotatable bonds is 7. The van der Waals surface area contributed by atoms with Crippen LogP contribution < -0.4 is 0 Å². The minimum Gasteiger partial charge on any atom is -0.452 e. The number of hydroxylamine groups is 1. The van der Waals surface area contributed by atoms with Gasteiger partial charge in [-0.1, -0.05) is 11.4 Å². The lowest BCUT2D eigenvalue weighted by Gasteiger charge is -2.33. The Labute approximate surface area is 180 Å². The molecule has 1 aliphatic carbocycles. The molecule has 0 spiro atoms. The van der Waals surface area contributed by atoms with Crippen LogP contribution in [0.1, 0.15) is 43.0 Å². The number of carbonyl (C=O) groups is 2. The Balaban J connectivity index is 2.05. The number of hydrogen-bond acceptors (Lipinski definition) is 6. The Kier molecular flexibility index (Phi) is 8.21. The lowest BCUT2D eigenvalue weighted by atomic mass is 9.87. The maximum absolute atomic E-state index is 12.5. The van der Waals surface area contributed by atoms with E-state index in [2.05, 4.69) is 22.9 Å². The molecule has 1 saturated carbocycles. The second-order valence-electron chi connectivity index (χ2n) is 7.23. The Morgan fingerprint density at radius 2 is 1.79 bits per heavy atom. The zero-order chi connectivity index (χ0) is 21.8. The summed E-state index contributed by atoms with van der Waals surface area (Å²) in [7, 11) is 0.273. The van der Waals surface area contributed by atoms with E-state index in [0.717, 1.165) is 25.7 Å². The van der Waals surface area contributed by atoms with Crippen LogP contribution in [-0.4, -0.2) is 63.5 Å². The number of carbonyl (C=O) groups excluding carboxylic acids is 2. The minimum atomic E-state index is -3.92. The minimum absolute atomic E-state index is 0.0116. The summed E-state index contributed by atoms with van der Waals surface area (Å²) >= 11 is 3.22. The highest BCUT2D eigenvalue weighted by Gasteiger charge is 2.27. The van der Waals surface area contributed by atoms with Crippen molar-refractivity contribution in [2.45, 2.75) is 43.5 Å². The zero-order valence-electron chi connectivity index (χ0n) is 17.1. The van der Waals surface area contributed by atoms with Crippen LogP contribution >= 0.6 is 15.9 Å². The summed E-state index contributed by atoms with van der Waals surface area (Å²) in [6, 6.07) is 4.12.